The van der Waals surface area contributed by atoms with Crippen LogP contribution >= 0.6 is 0 Å². The minimum Gasteiger partial charge on any atom is -0.474 e. The van der Waals surface area contributed by atoms with E-state index in [9.17, 15) is 10.1 Å². The molecule has 186 valence electrons. The highest BCUT2D eigenvalue weighted by molar-refractivity contribution is 5.94. The van der Waals surface area contributed by atoms with Gasteiger partial charge in [0.1, 0.15) is 17.9 Å². The summed E-state index contributed by atoms with van der Waals surface area (Å²) >= 11 is 0. The Morgan fingerprint density at radius 3 is 2.38 bits per heavy atom. The number of hydrogen-bond acceptors (Lipinski definition) is 7. The molecule has 37 heavy (non-hydrogen) atoms. The molecule has 1 saturated carbocycles. The van der Waals surface area contributed by atoms with Crippen molar-refractivity contribution in [3.8, 4) is 18.0 Å². The lowest BCUT2D eigenvalue weighted by molar-refractivity contribution is 0.0936. The zero-order valence-electron chi connectivity index (χ0n) is 20.5. The third-order valence-corrected chi connectivity index (χ3v) is 7.08. The Bertz CT molecular complexity index is 1300. The van der Waals surface area contributed by atoms with Crippen molar-refractivity contribution in [3.63, 3.8) is 0 Å². The average molecular weight is 493 g/mol. The smallest absolute Gasteiger partial charge is 0.253 e. The first-order valence-electron chi connectivity index (χ1n) is 12.7. The number of carbonyl (C=O) groups excluding carboxylic acids is 1. The first-order valence-corrected chi connectivity index (χ1v) is 12.7. The summed E-state index contributed by atoms with van der Waals surface area (Å²) in [5, 5.41) is 21.3. The van der Waals surface area contributed by atoms with Crippen molar-refractivity contribution in [3.05, 3.63) is 88.9 Å². The fourth-order valence-electron chi connectivity index (χ4n) is 5.16. The quantitative estimate of drug-likeness (QED) is 0.527. The van der Waals surface area contributed by atoms with E-state index in [2.05, 4.69) is 32.3 Å². The number of nitrogens with one attached hydrogen (secondary N) is 1. The van der Waals surface area contributed by atoms with Gasteiger partial charge < -0.3 is 10.1 Å². The Hall–Kier alpha value is -4.27. The number of carbonyl (C=O) groups is 1. The number of pyridine rings is 2. The number of amides is 1. The zero-order chi connectivity index (χ0) is 25.6. The zero-order valence-corrected chi connectivity index (χ0v) is 20.5. The SMILES string of the molecule is N#Cc1ccc([C@H](c2ccc(OC3CCCC3)nc2)N2CCC(NC(=O)c3ccc(C#N)nc3)C2)cc1. The predicted molar refractivity (Wildman–Crippen MR) is 137 cm³/mol. The normalized spacial score (nSPS) is 18.6. The van der Waals surface area contributed by atoms with E-state index in [1.54, 1.807) is 12.1 Å². The maximum absolute atomic E-state index is 12.8. The number of nitriles is 2. The van der Waals surface area contributed by atoms with Crippen LogP contribution in [0.15, 0.2) is 60.9 Å². The van der Waals surface area contributed by atoms with Gasteiger partial charge in [0, 0.05) is 37.6 Å². The van der Waals surface area contributed by atoms with Crippen molar-refractivity contribution in [2.45, 2.75) is 50.3 Å². The van der Waals surface area contributed by atoms with Gasteiger partial charge in [0.25, 0.3) is 5.91 Å². The van der Waals surface area contributed by atoms with Crippen molar-refractivity contribution >= 4 is 5.91 Å². The van der Waals surface area contributed by atoms with Crippen molar-refractivity contribution in [2.24, 2.45) is 0 Å². The van der Waals surface area contributed by atoms with Crippen molar-refractivity contribution in [1.29, 1.82) is 10.5 Å². The number of likely N-dealkylation sites (tertiary alicyclic amines) is 1. The molecular weight excluding hydrogens is 464 g/mol. The van der Waals surface area contributed by atoms with Gasteiger partial charge in [-0.05, 0) is 67.5 Å². The summed E-state index contributed by atoms with van der Waals surface area (Å²) in [5.74, 6) is 0.450. The van der Waals surface area contributed by atoms with Gasteiger partial charge in [-0.3, -0.25) is 9.69 Å². The maximum Gasteiger partial charge on any atom is 0.253 e. The van der Waals surface area contributed by atoms with Crippen LogP contribution in [0.3, 0.4) is 0 Å². The summed E-state index contributed by atoms with van der Waals surface area (Å²) in [6.45, 7) is 1.46. The number of nitrogens with zero attached hydrogens (tertiary/aromatic N) is 5. The van der Waals surface area contributed by atoms with E-state index in [-0.39, 0.29) is 29.8 Å². The van der Waals surface area contributed by atoms with Crippen LogP contribution < -0.4 is 10.1 Å². The summed E-state index contributed by atoms with van der Waals surface area (Å²) in [4.78, 5) is 23.7. The Kier molecular flexibility index (Phi) is 7.39. The summed E-state index contributed by atoms with van der Waals surface area (Å²) in [7, 11) is 0. The molecule has 0 bridgehead atoms. The molecule has 1 amide bonds. The van der Waals surface area contributed by atoms with Crippen molar-refractivity contribution in [1.82, 2.24) is 20.2 Å². The molecule has 0 spiro atoms. The fourth-order valence-corrected chi connectivity index (χ4v) is 5.16. The standard InChI is InChI=1S/C29H28N6O2/c30-15-20-5-7-21(8-6-20)28(22-10-12-27(33-17-22)37-26-3-1-2-4-26)35-14-13-25(19-35)34-29(36)23-9-11-24(16-31)32-18-23/h5-12,17-18,25-26,28H,1-4,13-14,19H2,(H,34,36)/t25?,28-/m1/s1. The van der Waals surface area contributed by atoms with Crippen LogP contribution in [-0.2, 0) is 0 Å². The van der Waals surface area contributed by atoms with Crippen LogP contribution in [0.2, 0.25) is 0 Å². The molecule has 2 atom stereocenters. The number of aromatic nitrogens is 2. The minimum absolute atomic E-state index is 0.0260. The molecule has 1 N–H and O–H groups in total. The van der Waals surface area contributed by atoms with Crippen LogP contribution in [-0.4, -0.2) is 46.0 Å². The molecule has 2 aromatic heterocycles. The van der Waals surface area contributed by atoms with E-state index in [4.69, 9.17) is 10.00 Å². The van der Waals surface area contributed by atoms with Gasteiger partial charge in [-0.2, -0.15) is 10.5 Å². The van der Waals surface area contributed by atoms with E-state index in [1.807, 2.05) is 42.6 Å². The molecule has 5 rings (SSSR count). The maximum atomic E-state index is 12.8. The van der Waals surface area contributed by atoms with E-state index in [0.717, 1.165) is 36.9 Å². The second-order valence-electron chi connectivity index (χ2n) is 9.59. The molecule has 1 aliphatic heterocycles. The lowest BCUT2D eigenvalue weighted by Gasteiger charge is -2.29. The van der Waals surface area contributed by atoms with Crippen LogP contribution in [0.4, 0.5) is 0 Å². The molecule has 8 heteroatoms. The lowest BCUT2D eigenvalue weighted by atomic mass is 9.97. The molecule has 1 aromatic carbocycles. The Morgan fingerprint density at radius 1 is 0.946 bits per heavy atom. The van der Waals surface area contributed by atoms with Crippen LogP contribution in [0.25, 0.3) is 0 Å². The van der Waals surface area contributed by atoms with Crippen LogP contribution in [0.1, 0.15) is 70.9 Å². The van der Waals surface area contributed by atoms with Gasteiger partial charge >= 0.3 is 0 Å². The Morgan fingerprint density at radius 2 is 1.73 bits per heavy atom. The average Bonchev–Trinajstić information content (AvgIpc) is 3.63. The third-order valence-electron chi connectivity index (χ3n) is 7.08. The first kappa shape index (κ1) is 24.4. The van der Waals surface area contributed by atoms with Gasteiger partial charge in [-0.25, -0.2) is 9.97 Å². The summed E-state index contributed by atoms with van der Waals surface area (Å²) in [6.07, 6.45) is 8.94. The molecule has 2 aliphatic rings. The molecule has 1 saturated heterocycles. The highest BCUT2D eigenvalue weighted by atomic mass is 16.5. The van der Waals surface area contributed by atoms with E-state index in [1.165, 1.54) is 19.0 Å². The van der Waals surface area contributed by atoms with Crippen molar-refractivity contribution in [2.75, 3.05) is 13.1 Å². The van der Waals surface area contributed by atoms with Crippen molar-refractivity contribution < 1.29 is 9.53 Å². The van der Waals surface area contributed by atoms with Gasteiger partial charge in [0.05, 0.1) is 23.2 Å². The number of ether oxygens (including phenoxy) is 1. The van der Waals surface area contributed by atoms with Gasteiger partial charge in [-0.15, -0.1) is 0 Å². The number of benzene rings is 1. The summed E-state index contributed by atoms with van der Waals surface area (Å²) in [6, 6.07) is 18.9. The van der Waals surface area contributed by atoms with Crippen LogP contribution in [0, 0.1) is 22.7 Å². The molecule has 2 fully saturated rings. The molecule has 1 unspecified atom stereocenters. The monoisotopic (exact) mass is 492 g/mol. The minimum atomic E-state index is -0.200. The molecule has 0 radical (unpaired) electrons. The predicted octanol–water partition coefficient (Wildman–Crippen LogP) is 4.14. The summed E-state index contributed by atoms with van der Waals surface area (Å²) in [5.41, 5.74) is 3.43. The summed E-state index contributed by atoms with van der Waals surface area (Å²) < 4.78 is 6.06. The van der Waals surface area contributed by atoms with Gasteiger partial charge in [0.15, 0.2) is 0 Å². The van der Waals surface area contributed by atoms with Crippen LogP contribution in [0.5, 0.6) is 5.88 Å². The first-order chi connectivity index (χ1) is 18.1. The Balaban J connectivity index is 1.32. The molecule has 3 aromatic rings. The van der Waals surface area contributed by atoms with E-state index >= 15 is 0 Å². The topological polar surface area (TPSA) is 115 Å². The highest BCUT2D eigenvalue weighted by Crippen LogP contribution is 2.33. The third kappa shape index (κ3) is 5.77. The fraction of sp³-hybridized carbons (Fsp3) is 0.345. The number of hydrogen-bond donors (Lipinski definition) is 1. The van der Waals surface area contributed by atoms with Gasteiger partial charge in [0.2, 0.25) is 5.88 Å². The second-order valence-corrected chi connectivity index (χ2v) is 9.59. The molecule has 1 aliphatic carbocycles. The molecular formula is C29H28N6O2. The highest BCUT2D eigenvalue weighted by Gasteiger charge is 2.31. The molecule has 3 heterocycles. The lowest BCUT2D eigenvalue weighted by Crippen LogP contribution is -2.38. The molecule has 8 nitrogen and oxygen atoms in total. The van der Waals surface area contributed by atoms with Gasteiger partial charge in [-0.1, -0.05) is 18.2 Å². The number of rotatable bonds is 7. The Labute approximate surface area is 216 Å². The second kappa shape index (κ2) is 11.2. The van der Waals surface area contributed by atoms with E-state index < -0.39 is 0 Å². The largest absolute Gasteiger partial charge is 0.474 e. The van der Waals surface area contributed by atoms with E-state index in [0.29, 0.717) is 23.6 Å².